The summed E-state index contributed by atoms with van der Waals surface area (Å²) >= 11 is 0.682. The second kappa shape index (κ2) is 8.68. The maximum atomic E-state index is 13.4. The topological polar surface area (TPSA) is 113 Å². The Kier molecular flexibility index (Phi) is 6.01. The van der Waals surface area contributed by atoms with Crippen molar-refractivity contribution in [1.82, 2.24) is 14.8 Å². The number of likely N-dealkylation sites (tertiary alicyclic amines) is 1. The first kappa shape index (κ1) is 24.9. The Bertz CT molecular complexity index is 1380. The lowest BCUT2D eigenvalue weighted by Crippen LogP contribution is -2.51. The van der Waals surface area contributed by atoms with E-state index in [0.29, 0.717) is 23.9 Å². The number of carboxylic acid groups (broad SMARTS) is 1. The largest absolute Gasteiger partial charge is 0.480 e. The third-order valence-corrected chi connectivity index (χ3v) is 9.93. The molecule has 2 atom stereocenters. The molecule has 8 nitrogen and oxygen atoms in total. The van der Waals surface area contributed by atoms with Gasteiger partial charge < -0.3 is 14.5 Å². The smallest absolute Gasteiger partial charge is 0.452 e. The van der Waals surface area contributed by atoms with E-state index in [9.17, 15) is 31.5 Å². The van der Waals surface area contributed by atoms with Crippen molar-refractivity contribution in [2.24, 2.45) is 0 Å². The molecule has 1 saturated heterocycles. The van der Waals surface area contributed by atoms with Gasteiger partial charge in [0, 0.05) is 18.0 Å². The summed E-state index contributed by atoms with van der Waals surface area (Å²) in [5.74, 6) is -2.58. The summed E-state index contributed by atoms with van der Waals surface area (Å²) in [6.07, 6.45) is -2.67. The van der Waals surface area contributed by atoms with Crippen molar-refractivity contribution >= 4 is 27.3 Å². The number of sulfonamides is 1. The lowest BCUT2D eigenvalue weighted by molar-refractivity contribution is -0.155. The number of rotatable bonds is 8. The van der Waals surface area contributed by atoms with E-state index in [1.54, 1.807) is 24.3 Å². The SMILES string of the molecule is O=C(O)[C@@]1(NS(=O)(=O)c2ccc(-c3cc(C(F)(F)F)on3)s2)C[C@@]1(CN1CCCC1)c1ccccc1. The second-order valence-electron chi connectivity index (χ2n) is 9.12. The first-order valence-corrected chi connectivity index (χ1v) is 13.5. The Balaban J connectivity index is 1.46. The Hall–Kier alpha value is -2.74. The number of carboxylic acids is 1. The predicted molar refractivity (Wildman–Crippen MR) is 124 cm³/mol. The van der Waals surface area contributed by atoms with Crippen LogP contribution < -0.4 is 4.72 Å². The number of carbonyl (C=O) groups is 1. The van der Waals surface area contributed by atoms with Crippen molar-refractivity contribution in [3.8, 4) is 10.6 Å². The third-order valence-electron chi connectivity index (χ3n) is 6.84. The first-order chi connectivity index (χ1) is 17.0. The predicted octanol–water partition coefficient (Wildman–Crippen LogP) is 3.96. The number of halogens is 3. The maximum absolute atomic E-state index is 13.4. The molecule has 1 aliphatic heterocycles. The highest BCUT2D eigenvalue weighted by atomic mass is 32.2. The number of nitrogens with one attached hydrogen (secondary N) is 1. The quantitative estimate of drug-likeness (QED) is 0.444. The molecule has 0 bridgehead atoms. The number of aromatic nitrogens is 1. The highest BCUT2D eigenvalue weighted by Crippen LogP contribution is 2.59. The zero-order valence-electron chi connectivity index (χ0n) is 18.8. The number of hydrogen-bond donors (Lipinski definition) is 2. The molecule has 0 amide bonds. The van der Waals surface area contributed by atoms with Crippen molar-refractivity contribution in [2.75, 3.05) is 19.6 Å². The van der Waals surface area contributed by atoms with Crippen LogP contribution in [0.5, 0.6) is 0 Å². The molecule has 2 aromatic heterocycles. The van der Waals surface area contributed by atoms with E-state index in [2.05, 4.69) is 19.3 Å². The lowest BCUT2D eigenvalue weighted by atomic mass is 9.90. The van der Waals surface area contributed by atoms with Gasteiger partial charge in [-0.2, -0.15) is 17.9 Å². The van der Waals surface area contributed by atoms with Gasteiger partial charge in [-0.15, -0.1) is 11.3 Å². The highest BCUT2D eigenvalue weighted by molar-refractivity contribution is 7.91. The van der Waals surface area contributed by atoms with E-state index in [0.717, 1.165) is 31.5 Å². The fraction of sp³-hybridized carbons (Fsp3) is 0.391. The fourth-order valence-electron chi connectivity index (χ4n) is 4.98. The van der Waals surface area contributed by atoms with Crippen LogP contribution >= 0.6 is 11.3 Å². The lowest BCUT2D eigenvalue weighted by Gasteiger charge is -2.28. The van der Waals surface area contributed by atoms with Gasteiger partial charge in [-0.3, -0.25) is 4.79 Å². The monoisotopic (exact) mass is 541 g/mol. The fourth-order valence-corrected chi connectivity index (χ4v) is 7.67. The van der Waals surface area contributed by atoms with Gasteiger partial charge in [-0.05, 0) is 50.0 Å². The molecule has 1 saturated carbocycles. The van der Waals surface area contributed by atoms with Crippen LogP contribution in [0.25, 0.3) is 10.6 Å². The van der Waals surface area contributed by atoms with Gasteiger partial charge in [0.2, 0.25) is 5.76 Å². The first-order valence-electron chi connectivity index (χ1n) is 11.2. The number of aliphatic carboxylic acids is 1. The molecule has 13 heteroatoms. The number of nitrogens with zero attached hydrogens (tertiary/aromatic N) is 2. The number of benzene rings is 1. The van der Waals surface area contributed by atoms with Crippen LogP contribution in [0.3, 0.4) is 0 Å². The third kappa shape index (κ3) is 4.23. The molecular formula is C23H22F3N3O5S2. The molecule has 0 spiro atoms. The Morgan fingerprint density at radius 3 is 2.47 bits per heavy atom. The van der Waals surface area contributed by atoms with Crippen molar-refractivity contribution in [3.05, 3.63) is 59.9 Å². The summed E-state index contributed by atoms with van der Waals surface area (Å²) < 4.78 is 71.8. The Labute approximate surface area is 208 Å². The standard InChI is InChI=1S/C23H22F3N3O5S2/c24-23(25,26)18-12-16(27-34-18)17-8-9-19(35-17)36(32,33)28-22(20(30)31)13-21(22,14-29-10-4-5-11-29)15-6-2-1-3-7-15/h1-3,6-9,12,28H,4-5,10-11,13-14H2,(H,30,31)/t21-,22+/m1/s1. The molecule has 2 fully saturated rings. The van der Waals surface area contributed by atoms with Crippen molar-refractivity contribution in [1.29, 1.82) is 0 Å². The minimum atomic E-state index is -4.73. The number of thiophene rings is 1. The summed E-state index contributed by atoms with van der Waals surface area (Å²) in [4.78, 5) is 14.9. The van der Waals surface area contributed by atoms with E-state index < -0.39 is 38.9 Å². The minimum absolute atomic E-state index is 0.0749. The molecule has 1 aliphatic carbocycles. The van der Waals surface area contributed by atoms with Crippen LogP contribution in [-0.4, -0.2) is 54.7 Å². The van der Waals surface area contributed by atoms with Gasteiger partial charge in [-0.1, -0.05) is 35.5 Å². The molecule has 3 heterocycles. The molecular weight excluding hydrogens is 519 g/mol. The van der Waals surface area contributed by atoms with Crippen molar-refractivity contribution in [2.45, 2.75) is 40.6 Å². The van der Waals surface area contributed by atoms with Crippen LogP contribution in [0.4, 0.5) is 13.2 Å². The summed E-state index contributed by atoms with van der Waals surface area (Å²) in [5, 5.41) is 13.7. The Morgan fingerprint density at radius 2 is 1.86 bits per heavy atom. The minimum Gasteiger partial charge on any atom is -0.480 e. The molecule has 2 N–H and O–H groups in total. The van der Waals surface area contributed by atoms with Crippen LogP contribution in [-0.2, 0) is 26.4 Å². The zero-order valence-corrected chi connectivity index (χ0v) is 20.4. The van der Waals surface area contributed by atoms with Gasteiger partial charge in [0.05, 0.1) is 4.88 Å². The number of alkyl halides is 3. The average molecular weight is 542 g/mol. The van der Waals surface area contributed by atoms with E-state index in [-0.39, 0.29) is 21.2 Å². The average Bonchev–Trinajstić information content (AvgIpc) is 3.38. The van der Waals surface area contributed by atoms with Gasteiger partial charge in [0.25, 0.3) is 10.0 Å². The summed E-state index contributed by atoms with van der Waals surface area (Å²) in [7, 11) is -4.33. The van der Waals surface area contributed by atoms with Crippen LogP contribution in [0.2, 0.25) is 0 Å². The zero-order chi connectivity index (χ0) is 25.8. The van der Waals surface area contributed by atoms with Gasteiger partial charge in [0.15, 0.2) is 0 Å². The molecule has 3 aromatic rings. The van der Waals surface area contributed by atoms with Crippen molar-refractivity contribution < 1.29 is 36.0 Å². The van der Waals surface area contributed by atoms with Crippen molar-refractivity contribution in [3.63, 3.8) is 0 Å². The summed E-state index contributed by atoms with van der Waals surface area (Å²) in [6, 6.07) is 12.2. The van der Waals surface area contributed by atoms with E-state index in [1.165, 1.54) is 12.1 Å². The molecule has 0 unspecified atom stereocenters. The van der Waals surface area contributed by atoms with E-state index in [1.807, 2.05) is 6.07 Å². The van der Waals surface area contributed by atoms with Gasteiger partial charge in [0.1, 0.15) is 15.4 Å². The summed E-state index contributed by atoms with van der Waals surface area (Å²) in [6.45, 7) is 2.01. The number of hydrogen-bond acceptors (Lipinski definition) is 7. The molecule has 1 aromatic carbocycles. The molecule has 5 rings (SSSR count). The molecule has 36 heavy (non-hydrogen) atoms. The highest BCUT2D eigenvalue weighted by Gasteiger charge is 2.75. The second-order valence-corrected chi connectivity index (χ2v) is 12.1. The van der Waals surface area contributed by atoms with Gasteiger partial charge in [-0.25, -0.2) is 8.42 Å². The Morgan fingerprint density at radius 1 is 1.17 bits per heavy atom. The van der Waals surface area contributed by atoms with E-state index in [4.69, 9.17) is 0 Å². The maximum Gasteiger partial charge on any atom is 0.452 e. The van der Waals surface area contributed by atoms with E-state index >= 15 is 0 Å². The molecule has 0 radical (unpaired) electrons. The molecule has 192 valence electrons. The van der Waals surface area contributed by atoms with Crippen LogP contribution in [0, 0.1) is 0 Å². The van der Waals surface area contributed by atoms with Crippen LogP contribution in [0.15, 0.2) is 57.3 Å². The molecule has 2 aliphatic rings. The summed E-state index contributed by atoms with van der Waals surface area (Å²) in [5.41, 5.74) is -2.17. The van der Waals surface area contributed by atoms with Crippen LogP contribution in [0.1, 0.15) is 30.6 Å². The normalized spacial score (nSPS) is 24.8. The van der Waals surface area contributed by atoms with Gasteiger partial charge >= 0.3 is 12.1 Å².